The van der Waals surface area contributed by atoms with E-state index >= 15 is 0 Å². The molecule has 0 unspecified atom stereocenters. The highest BCUT2D eigenvalue weighted by atomic mass is 32.2. The van der Waals surface area contributed by atoms with Crippen LogP contribution in [0.15, 0.2) is 53.4 Å². The molecule has 0 spiro atoms. The molecular weight excluding hydrogens is 342 g/mol. The second-order valence-corrected chi connectivity index (χ2v) is 7.36. The molecule has 0 heterocycles. The second-order valence-electron chi connectivity index (χ2n) is 5.59. The highest BCUT2D eigenvalue weighted by Gasteiger charge is 2.13. The average molecular weight is 363 g/mol. The van der Waals surface area contributed by atoms with Gasteiger partial charge in [0.2, 0.25) is 10.0 Å². The van der Waals surface area contributed by atoms with E-state index in [0.717, 1.165) is 17.5 Å². The topological polar surface area (TPSA) is 104 Å². The van der Waals surface area contributed by atoms with E-state index < -0.39 is 16.0 Å². The van der Waals surface area contributed by atoms with Crippen LogP contribution in [0.3, 0.4) is 0 Å². The van der Waals surface area contributed by atoms with Gasteiger partial charge in [0, 0.05) is 13.2 Å². The van der Waals surface area contributed by atoms with Crippen molar-refractivity contribution in [1.82, 2.24) is 4.72 Å². The predicted octanol–water partition coefficient (Wildman–Crippen LogP) is 2.49. The van der Waals surface area contributed by atoms with Gasteiger partial charge in [0.1, 0.15) is 0 Å². The first-order chi connectivity index (χ1) is 11.9. The smallest absolute Gasteiger partial charge is 0.335 e. The zero-order chi connectivity index (χ0) is 18.3. The molecule has 2 rings (SSSR count). The van der Waals surface area contributed by atoms with Gasteiger partial charge in [-0.15, -0.1) is 0 Å². The maximum absolute atomic E-state index is 12.2. The average Bonchev–Trinajstić information content (AvgIpc) is 2.62. The number of hydrogen-bond acceptors (Lipinski definition) is 4. The molecule has 7 heteroatoms. The maximum Gasteiger partial charge on any atom is 0.335 e. The number of aromatic carboxylic acids is 1. The molecule has 0 bridgehead atoms. The Balaban J connectivity index is 2.04. The van der Waals surface area contributed by atoms with Gasteiger partial charge in [-0.3, -0.25) is 0 Å². The summed E-state index contributed by atoms with van der Waals surface area (Å²) in [6, 6.07) is 12.8. The molecule has 0 aliphatic carbocycles. The molecular formula is C18H21NO5S. The van der Waals surface area contributed by atoms with E-state index in [0.29, 0.717) is 19.4 Å². The van der Waals surface area contributed by atoms with Crippen LogP contribution in [0, 0.1) is 0 Å². The Bertz CT molecular complexity index is 798. The van der Waals surface area contributed by atoms with Crippen LogP contribution < -0.4 is 4.72 Å². The number of carbonyl (C=O) groups is 1. The highest BCUT2D eigenvalue weighted by Crippen LogP contribution is 2.22. The van der Waals surface area contributed by atoms with Crippen molar-refractivity contribution >= 4 is 16.0 Å². The Labute approximate surface area is 147 Å². The summed E-state index contributed by atoms with van der Waals surface area (Å²) in [5, 5.41) is 17.6. The predicted molar refractivity (Wildman–Crippen MR) is 95.0 cm³/mol. The molecule has 0 aliphatic heterocycles. The van der Waals surface area contributed by atoms with Crippen LogP contribution in [0.1, 0.15) is 29.6 Å². The molecule has 2 aromatic rings. The number of carboxylic acid groups (broad SMARTS) is 1. The fourth-order valence-corrected chi connectivity index (χ4v) is 3.41. The van der Waals surface area contributed by atoms with Crippen LogP contribution in [-0.2, 0) is 10.0 Å². The van der Waals surface area contributed by atoms with Crippen LogP contribution in [0.5, 0.6) is 0 Å². The lowest BCUT2D eigenvalue weighted by molar-refractivity contribution is 0.0697. The SMILES string of the molecule is O=C(O)c1ccc(-c2ccc(S(=O)(=O)NCCCCCO)cc2)cc1. The minimum atomic E-state index is -3.55. The number of hydrogen-bond donors (Lipinski definition) is 3. The summed E-state index contributed by atoms with van der Waals surface area (Å²) in [5.41, 5.74) is 1.82. The van der Waals surface area contributed by atoms with Crippen molar-refractivity contribution in [2.75, 3.05) is 13.2 Å². The fraction of sp³-hybridized carbons (Fsp3) is 0.278. The van der Waals surface area contributed by atoms with Crippen molar-refractivity contribution < 1.29 is 23.4 Å². The van der Waals surface area contributed by atoms with Gasteiger partial charge in [-0.25, -0.2) is 17.9 Å². The summed E-state index contributed by atoms with van der Waals surface area (Å²) in [6.07, 6.45) is 2.11. The number of sulfonamides is 1. The Hall–Kier alpha value is -2.22. The van der Waals surface area contributed by atoms with Gasteiger partial charge < -0.3 is 10.2 Å². The van der Waals surface area contributed by atoms with E-state index in [1.165, 1.54) is 24.3 Å². The lowest BCUT2D eigenvalue weighted by Gasteiger charge is -2.08. The van der Waals surface area contributed by atoms with Gasteiger partial charge in [-0.05, 0) is 54.7 Å². The van der Waals surface area contributed by atoms with Crippen molar-refractivity contribution in [3.05, 3.63) is 54.1 Å². The number of nitrogens with one attached hydrogen (secondary N) is 1. The third-order valence-corrected chi connectivity index (χ3v) is 5.23. The summed E-state index contributed by atoms with van der Waals surface area (Å²) in [4.78, 5) is 11.0. The molecule has 0 amide bonds. The van der Waals surface area contributed by atoms with Crippen molar-refractivity contribution in [3.8, 4) is 11.1 Å². The number of aliphatic hydroxyl groups is 1. The Morgan fingerprint density at radius 3 is 1.96 bits per heavy atom. The molecule has 0 radical (unpaired) electrons. The lowest BCUT2D eigenvalue weighted by Crippen LogP contribution is -2.24. The molecule has 6 nitrogen and oxygen atoms in total. The zero-order valence-electron chi connectivity index (χ0n) is 13.7. The number of unbranched alkanes of at least 4 members (excludes halogenated alkanes) is 2. The van der Waals surface area contributed by atoms with Crippen molar-refractivity contribution in [3.63, 3.8) is 0 Å². The van der Waals surface area contributed by atoms with Crippen LogP contribution in [0.2, 0.25) is 0 Å². The van der Waals surface area contributed by atoms with E-state index in [1.807, 2.05) is 0 Å². The van der Waals surface area contributed by atoms with Gasteiger partial charge >= 0.3 is 5.97 Å². The Kier molecular flexibility index (Phi) is 6.69. The van der Waals surface area contributed by atoms with Crippen LogP contribution in [-0.4, -0.2) is 37.8 Å². The number of carboxylic acids is 1. The number of benzene rings is 2. The quantitative estimate of drug-likeness (QED) is 0.594. The zero-order valence-corrected chi connectivity index (χ0v) is 14.5. The lowest BCUT2D eigenvalue weighted by atomic mass is 10.0. The van der Waals surface area contributed by atoms with Crippen molar-refractivity contribution in [2.24, 2.45) is 0 Å². The summed E-state index contributed by atoms with van der Waals surface area (Å²) in [7, 11) is -3.55. The van der Waals surface area contributed by atoms with Gasteiger partial charge in [0.25, 0.3) is 0 Å². The summed E-state index contributed by atoms with van der Waals surface area (Å²) in [5.74, 6) is -0.988. The fourth-order valence-electron chi connectivity index (χ4n) is 2.34. The van der Waals surface area contributed by atoms with Gasteiger partial charge in [0.05, 0.1) is 10.5 Å². The molecule has 2 aromatic carbocycles. The summed E-state index contributed by atoms with van der Waals surface area (Å²) >= 11 is 0. The summed E-state index contributed by atoms with van der Waals surface area (Å²) < 4.78 is 27.0. The molecule has 0 fully saturated rings. The first-order valence-corrected chi connectivity index (χ1v) is 9.46. The molecule has 0 aliphatic rings. The minimum Gasteiger partial charge on any atom is -0.478 e. The van der Waals surface area contributed by atoms with Crippen LogP contribution in [0.4, 0.5) is 0 Å². The van der Waals surface area contributed by atoms with Gasteiger partial charge in [-0.2, -0.15) is 0 Å². The number of rotatable bonds is 9. The molecule has 0 saturated heterocycles. The Morgan fingerprint density at radius 1 is 0.880 bits per heavy atom. The second kappa shape index (κ2) is 8.75. The number of aliphatic hydroxyl groups excluding tert-OH is 1. The largest absolute Gasteiger partial charge is 0.478 e. The molecule has 0 atom stereocenters. The monoisotopic (exact) mass is 363 g/mol. The molecule has 0 aromatic heterocycles. The van der Waals surface area contributed by atoms with E-state index in [2.05, 4.69) is 4.72 Å². The Morgan fingerprint density at radius 2 is 1.44 bits per heavy atom. The maximum atomic E-state index is 12.2. The summed E-state index contributed by atoms with van der Waals surface area (Å²) in [6.45, 7) is 0.447. The van der Waals surface area contributed by atoms with E-state index in [1.54, 1.807) is 24.3 Å². The van der Waals surface area contributed by atoms with Gasteiger partial charge in [-0.1, -0.05) is 24.3 Å². The van der Waals surface area contributed by atoms with Crippen LogP contribution >= 0.6 is 0 Å². The molecule has 134 valence electrons. The minimum absolute atomic E-state index is 0.113. The van der Waals surface area contributed by atoms with E-state index in [4.69, 9.17) is 10.2 Å². The first kappa shape index (κ1) is 19.1. The van der Waals surface area contributed by atoms with Crippen molar-refractivity contribution in [1.29, 1.82) is 0 Å². The molecule has 25 heavy (non-hydrogen) atoms. The normalized spacial score (nSPS) is 11.4. The van der Waals surface area contributed by atoms with E-state index in [9.17, 15) is 13.2 Å². The van der Waals surface area contributed by atoms with Crippen molar-refractivity contribution in [2.45, 2.75) is 24.2 Å². The highest BCUT2D eigenvalue weighted by molar-refractivity contribution is 7.89. The third kappa shape index (κ3) is 5.38. The molecule has 3 N–H and O–H groups in total. The van der Waals surface area contributed by atoms with Crippen LogP contribution in [0.25, 0.3) is 11.1 Å². The third-order valence-electron chi connectivity index (χ3n) is 3.76. The first-order valence-electron chi connectivity index (χ1n) is 7.98. The van der Waals surface area contributed by atoms with Gasteiger partial charge in [0.15, 0.2) is 0 Å². The standard InChI is InChI=1S/C18H21NO5S/c20-13-3-1-2-12-19-25(23,24)17-10-8-15(9-11-17)14-4-6-16(7-5-14)18(21)22/h4-11,19-20H,1-3,12-13H2,(H,21,22). The van der Waals surface area contributed by atoms with E-state index in [-0.39, 0.29) is 17.1 Å². The molecule has 0 saturated carbocycles.